The van der Waals surface area contributed by atoms with Gasteiger partial charge in [0, 0.05) is 48.7 Å². The van der Waals surface area contributed by atoms with E-state index in [1.165, 1.54) is 10.6 Å². The largest absolute Gasteiger partial charge is 0.361 e. The van der Waals surface area contributed by atoms with E-state index in [-0.39, 0.29) is 23.5 Å². The summed E-state index contributed by atoms with van der Waals surface area (Å²) >= 11 is 0. The van der Waals surface area contributed by atoms with Crippen LogP contribution in [-0.4, -0.2) is 94.8 Å². The van der Waals surface area contributed by atoms with Crippen LogP contribution in [0, 0.1) is 0 Å². The molecule has 1 saturated heterocycles. The van der Waals surface area contributed by atoms with Gasteiger partial charge in [-0.1, -0.05) is 50.2 Å². The fraction of sp³-hybridized carbons (Fsp3) is 0.500. The summed E-state index contributed by atoms with van der Waals surface area (Å²) in [6.07, 6.45) is 4.48. The summed E-state index contributed by atoms with van der Waals surface area (Å²) in [5, 5.41) is 0.957. The smallest absolute Gasteiger partial charge is 0.241 e. The standard InChI is InChI=1S/C30H41N5O5S2/c1-4-33(5-2)18-19-42(39,40)32-27(20-23-21-31-26-12-8-6-10-24(23)26)29(36)34-16-14-30(15-17-34)22-35(41(3,37)38)28-13-9-7-11-25(28)30/h6-13,21,27,31-32H,4-5,14-20,22H2,1-3H3. The molecule has 0 radical (unpaired) electrons. The molecule has 0 bridgehead atoms. The Kier molecular flexibility index (Phi) is 8.71. The van der Waals surface area contributed by atoms with Crippen molar-refractivity contribution in [1.82, 2.24) is 19.5 Å². The number of hydrogen-bond acceptors (Lipinski definition) is 6. The molecule has 228 valence electrons. The average molecular weight is 616 g/mol. The van der Waals surface area contributed by atoms with E-state index in [1.807, 2.05) is 73.5 Å². The summed E-state index contributed by atoms with van der Waals surface area (Å²) in [7, 11) is -7.19. The second kappa shape index (κ2) is 12.0. The van der Waals surface area contributed by atoms with Crippen LogP contribution in [0.3, 0.4) is 0 Å². The summed E-state index contributed by atoms with van der Waals surface area (Å²) in [5.74, 6) is -0.346. The molecule has 1 spiro atoms. The third-order valence-corrected chi connectivity index (χ3v) is 11.4. The molecule has 42 heavy (non-hydrogen) atoms. The lowest BCUT2D eigenvalue weighted by Crippen LogP contribution is -2.54. The molecule has 2 aromatic carbocycles. The van der Waals surface area contributed by atoms with Gasteiger partial charge in [0.1, 0.15) is 6.04 Å². The van der Waals surface area contributed by atoms with Crippen molar-refractivity contribution in [2.24, 2.45) is 0 Å². The highest BCUT2D eigenvalue weighted by atomic mass is 32.2. The molecule has 10 nitrogen and oxygen atoms in total. The van der Waals surface area contributed by atoms with Crippen molar-refractivity contribution in [3.8, 4) is 0 Å². The SMILES string of the molecule is CCN(CC)CCS(=O)(=O)NC(Cc1c[nH]c2ccccc12)C(=O)N1CCC2(CC1)CN(S(C)(=O)=O)c1ccccc12. The lowest BCUT2D eigenvalue weighted by molar-refractivity contribution is -0.134. The van der Waals surface area contributed by atoms with Crippen LogP contribution >= 0.6 is 0 Å². The Bertz CT molecular complexity index is 1640. The molecule has 5 rings (SSSR count). The molecule has 3 heterocycles. The summed E-state index contributed by atoms with van der Waals surface area (Å²) in [5.41, 5.74) is 3.12. The second-order valence-corrected chi connectivity index (χ2v) is 15.3. The van der Waals surface area contributed by atoms with Crippen LogP contribution < -0.4 is 9.03 Å². The van der Waals surface area contributed by atoms with Crippen molar-refractivity contribution in [2.75, 3.05) is 55.6 Å². The number of nitrogens with zero attached hydrogens (tertiary/aromatic N) is 3. The van der Waals surface area contributed by atoms with Crippen molar-refractivity contribution in [1.29, 1.82) is 0 Å². The number of anilines is 1. The number of likely N-dealkylation sites (tertiary alicyclic amines) is 1. The van der Waals surface area contributed by atoms with Crippen LogP contribution in [0.1, 0.15) is 37.8 Å². The Labute approximate surface area is 249 Å². The summed E-state index contributed by atoms with van der Waals surface area (Å²) in [4.78, 5) is 21.0. The first kappa shape index (κ1) is 30.5. The molecule has 1 atom stereocenters. The molecule has 3 aromatic rings. The molecule has 2 aliphatic heterocycles. The normalized spacial score (nSPS) is 17.7. The van der Waals surface area contributed by atoms with E-state index in [0.717, 1.165) is 35.1 Å². The number of aromatic amines is 1. The Morgan fingerprint density at radius 3 is 2.38 bits per heavy atom. The molecule has 1 amide bonds. The summed E-state index contributed by atoms with van der Waals surface area (Å²) < 4.78 is 55.9. The van der Waals surface area contributed by atoms with Crippen molar-refractivity contribution in [3.05, 3.63) is 65.9 Å². The van der Waals surface area contributed by atoms with Gasteiger partial charge in [0.2, 0.25) is 26.0 Å². The molecule has 12 heteroatoms. The zero-order chi connectivity index (χ0) is 30.1. The number of carbonyl (C=O) groups excluding carboxylic acids is 1. The van der Waals surface area contributed by atoms with Crippen LogP contribution in [-0.2, 0) is 36.7 Å². The molecular weight excluding hydrogens is 574 g/mol. The van der Waals surface area contributed by atoms with Gasteiger partial charge in [-0.2, -0.15) is 0 Å². The van der Waals surface area contributed by atoms with Gasteiger partial charge >= 0.3 is 0 Å². The van der Waals surface area contributed by atoms with Crippen molar-refractivity contribution < 1.29 is 21.6 Å². The quantitative estimate of drug-likeness (QED) is 0.342. The molecular formula is C30H41N5O5S2. The van der Waals surface area contributed by atoms with Gasteiger partial charge in [0.05, 0.1) is 17.7 Å². The fourth-order valence-corrected chi connectivity index (χ4v) is 8.68. The van der Waals surface area contributed by atoms with Crippen LogP contribution in [0.2, 0.25) is 0 Å². The number of hydrogen-bond donors (Lipinski definition) is 2. The molecule has 1 fully saturated rings. The number of sulfonamides is 2. The Morgan fingerprint density at radius 2 is 1.69 bits per heavy atom. The monoisotopic (exact) mass is 615 g/mol. The van der Waals surface area contributed by atoms with E-state index in [0.29, 0.717) is 44.7 Å². The Morgan fingerprint density at radius 1 is 1.02 bits per heavy atom. The number of fused-ring (bicyclic) bond motifs is 3. The first-order valence-corrected chi connectivity index (χ1v) is 18.1. The Balaban J connectivity index is 1.36. The number of H-pyrrole nitrogens is 1. The topological polar surface area (TPSA) is 123 Å². The number of para-hydroxylation sites is 2. The molecule has 1 aromatic heterocycles. The number of aromatic nitrogens is 1. The number of benzene rings is 2. The zero-order valence-electron chi connectivity index (χ0n) is 24.5. The minimum atomic E-state index is -3.74. The number of amides is 1. The maximum Gasteiger partial charge on any atom is 0.241 e. The summed E-state index contributed by atoms with van der Waals surface area (Å²) in [6.45, 7) is 7.05. The van der Waals surface area contributed by atoms with Crippen LogP contribution in [0.5, 0.6) is 0 Å². The van der Waals surface area contributed by atoms with Gasteiger partial charge in [-0.15, -0.1) is 0 Å². The average Bonchev–Trinajstić information content (AvgIpc) is 3.53. The molecule has 0 aliphatic carbocycles. The lowest BCUT2D eigenvalue weighted by Gasteiger charge is -2.41. The predicted molar refractivity (Wildman–Crippen MR) is 167 cm³/mol. The van der Waals surface area contributed by atoms with Gasteiger partial charge in [-0.05, 0) is 55.6 Å². The maximum absolute atomic E-state index is 14.0. The highest BCUT2D eigenvalue weighted by Crippen LogP contribution is 2.47. The van der Waals surface area contributed by atoms with Crippen molar-refractivity contribution in [2.45, 2.75) is 44.6 Å². The summed E-state index contributed by atoms with van der Waals surface area (Å²) in [6, 6.07) is 14.4. The zero-order valence-corrected chi connectivity index (χ0v) is 26.2. The highest BCUT2D eigenvalue weighted by molar-refractivity contribution is 7.92. The van der Waals surface area contributed by atoms with Gasteiger partial charge in [-0.3, -0.25) is 9.10 Å². The molecule has 2 N–H and O–H groups in total. The minimum absolute atomic E-state index is 0.0897. The first-order chi connectivity index (χ1) is 20.0. The highest BCUT2D eigenvalue weighted by Gasteiger charge is 2.48. The van der Waals surface area contributed by atoms with E-state index in [2.05, 4.69) is 9.71 Å². The minimum Gasteiger partial charge on any atom is -0.361 e. The van der Waals surface area contributed by atoms with E-state index in [9.17, 15) is 21.6 Å². The molecule has 2 aliphatic rings. The van der Waals surface area contributed by atoms with E-state index in [4.69, 9.17) is 0 Å². The van der Waals surface area contributed by atoms with E-state index in [1.54, 1.807) is 4.90 Å². The van der Waals surface area contributed by atoms with E-state index >= 15 is 0 Å². The van der Waals surface area contributed by atoms with Crippen LogP contribution in [0.4, 0.5) is 5.69 Å². The van der Waals surface area contributed by atoms with Crippen molar-refractivity contribution in [3.63, 3.8) is 0 Å². The van der Waals surface area contributed by atoms with Crippen LogP contribution in [0.15, 0.2) is 54.7 Å². The lowest BCUT2D eigenvalue weighted by atomic mass is 9.74. The van der Waals surface area contributed by atoms with Gasteiger partial charge in [0.25, 0.3) is 0 Å². The maximum atomic E-state index is 14.0. The first-order valence-electron chi connectivity index (χ1n) is 14.6. The van der Waals surface area contributed by atoms with Gasteiger partial charge in [-0.25, -0.2) is 21.6 Å². The number of nitrogens with one attached hydrogen (secondary N) is 2. The molecule has 1 unspecified atom stereocenters. The van der Waals surface area contributed by atoms with Crippen molar-refractivity contribution >= 4 is 42.5 Å². The third-order valence-electron chi connectivity index (χ3n) is 8.91. The number of piperidine rings is 1. The number of carbonyl (C=O) groups is 1. The van der Waals surface area contributed by atoms with E-state index < -0.39 is 26.1 Å². The third kappa shape index (κ3) is 6.22. The Hall–Kier alpha value is -2.93. The predicted octanol–water partition coefficient (Wildman–Crippen LogP) is 2.68. The van der Waals surface area contributed by atoms with Gasteiger partial charge in [0.15, 0.2) is 0 Å². The second-order valence-electron chi connectivity index (χ2n) is 11.5. The fourth-order valence-electron chi connectivity index (χ4n) is 6.45. The molecule has 0 saturated carbocycles. The van der Waals surface area contributed by atoms with Gasteiger partial charge < -0.3 is 14.8 Å². The number of rotatable bonds is 11. The van der Waals surface area contributed by atoms with Crippen LogP contribution in [0.25, 0.3) is 10.9 Å².